The maximum Gasteiger partial charge on any atom is 0.213 e. The molecule has 0 aliphatic heterocycles. The van der Waals surface area contributed by atoms with Crippen LogP contribution in [0.2, 0.25) is 0 Å². The Balaban J connectivity index is 0.00000156. The molecule has 0 bridgehead atoms. The largest absolute Gasteiger partial charge is 1.00 e. The van der Waals surface area contributed by atoms with Crippen LogP contribution in [0.1, 0.15) is 5.56 Å². The standard InChI is InChI=1S/C21H18N.BrH/c1-2-8-17(9-3-1)14-15-22-16-18-10-4-5-11-19(18)20-12-6-7-13-21(20)22;/h1-13,16H,14-15H2;1H/q+1;/p-1. The van der Waals surface area contributed by atoms with E-state index in [0.717, 1.165) is 13.0 Å². The molecule has 0 fully saturated rings. The maximum absolute atomic E-state index is 2.38. The highest BCUT2D eigenvalue weighted by Crippen LogP contribution is 2.22. The van der Waals surface area contributed by atoms with Crippen molar-refractivity contribution >= 4 is 21.7 Å². The van der Waals surface area contributed by atoms with Crippen LogP contribution in [-0.2, 0) is 13.0 Å². The summed E-state index contributed by atoms with van der Waals surface area (Å²) in [5, 5.41) is 3.96. The molecule has 3 aromatic carbocycles. The van der Waals surface area contributed by atoms with Crippen molar-refractivity contribution in [2.75, 3.05) is 0 Å². The van der Waals surface area contributed by atoms with Crippen molar-refractivity contribution in [3.05, 3.63) is 90.6 Å². The van der Waals surface area contributed by atoms with Gasteiger partial charge in [-0.2, -0.15) is 4.57 Å². The first-order valence-electron chi connectivity index (χ1n) is 7.76. The molecule has 0 amide bonds. The molecule has 0 aliphatic rings. The highest BCUT2D eigenvalue weighted by Gasteiger charge is 2.12. The summed E-state index contributed by atoms with van der Waals surface area (Å²) in [5.41, 5.74) is 2.68. The minimum atomic E-state index is 0. The van der Waals surface area contributed by atoms with Gasteiger partial charge in [0.15, 0.2) is 12.7 Å². The van der Waals surface area contributed by atoms with E-state index >= 15 is 0 Å². The lowest BCUT2D eigenvalue weighted by atomic mass is 10.1. The number of halogens is 1. The molecule has 0 saturated heterocycles. The molecule has 1 heterocycles. The molecule has 0 saturated carbocycles. The molecule has 0 N–H and O–H groups in total. The monoisotopic (exact) mass is 363 g/mol. The molecular formula is C21H18BrN. The Morgan fingerprint density at radius 3 is 2.13 bits per heavy atom. The van der Waals surface area contributed by atoms with Gasteiger partial charge in [-0.1, -0.05) is 60.7 Å². The molecule has 0 aliphatic carbocycles. The normalized spacial score (nSPS) is 10.6. The molecule has 114 valence electrons. The summed E-state index contributed by atoms with van der Waals surface area (Å²) in [6, 6.07) is 28.0. The summed E-state index contributed by atoms with van der Waals surface area (Å²) in [6.45, 7) is 0.995. The number of aryl methyl sites for hydroxylation is 2. The summed E-state index contributed by atoms with van der Waals surface area (Å²) in [5.74, 6) is 0. The summed E-state index contributed by atoms with van der Waals surface area (Å²) >= 11 is 0. The lowest BCUT2D eigenvalue weighted by Gasteiger charge is -2.05. The second-order valence-electron chi connectivity index (χ2n) is 5.66. The van der Waals surface area contributed by atoms with E-state index in [9.17, 15) is 0 Å². The molecule has 4 aromatic rings. The molecular weight excluding hydrogens is 346 g/mol. The van der Waals surface area contributed by atoms with E-state index in [1.165, 1.54) is 27.2 Å². The van der Waals surface area contributed by atoms with Gasteiger partial charge in [0.05, 0.1) is 5.39 Å². The molecule has 4 rings (SSSR count). The van der Waals surface area contributed by atoms with Crippen molar-refractivity contribution in [2.45, 2.75) is 13.0 Å². The minimum Gasteiger partial charge on any atom is -1.00 e. The van der Waals surface area contributed by atoms with Crippen molar-refractivity contribution < 1.29 is 21.5 Å². The molecule has 0 unspecified atom stereocenters. The van der Waals surface area contributed by atoms with Crippen molar-refractivity contribution in [3.63, 3.8) is 0 Å². The smallest absolute Gasteiger partial charge is 0.213 e. The fourth-order valence-corrected chi connectivity index (χ4v) is 3.12. The van der Waals surface area contributed by atoms with Crippen LogP contribution in [0, 0.1) is 0 Å². The third-order valence-corrected chi connectivity index (χ3v) is 4.24. The van der Waals surface area contributed by atoms with Crippen molar-refractivity contribution in [1.82, 2.24) is 0 Å². The first kappa shape index (κ1) is 15.7. The number of hydrogen-bond acceptors (Lipinski definition) is 0. The number of benzene rings is 3. The number of pyridine rings is 1. The fraction of sp³-hybridized carbons (Fsp3) is 0.0952. The second kappa shape index (κ2) is 6.93. The lowest BCUT2D eigenvalue weighted by Crippen LogP contribution is -3.00. The Bertz CT molecular complexity index is 932. The number of nitrogens with zero attached hydrogens (tertiary/aromatic N) is 1. The first-order chi connectivity index (χ1) is 10.9. The van der Waals surface area contributed by atoms with Crippen LogP contribution >= 0.6 is 0 Å². The summed E-state index contributed by atoms with van der Waals surface area (Å²) in [7, 11) is 0. The van der Waals surface area contributed by atoms with Gasteiger partial charge in [0.25, 0.3) is 0 Å². The van der Waals surface area contributed by atoms with E-state index in [1.807, 2.05) is 0 Å². The second-order valence-corrected chi connectivity index (χ2v) is 5.66. The Labute approximate surface area is 147 Å². The zero-order valence-electron chi connectivity index (χ0n) is 12.8. The lowest BCUT2D eigenvalue weighted by molar-refractivity contribution is -0.669. The summed E-state index contributed by atoms with van der Waals surface area (Å²) in [6.07, 6.45) is 3.33. The van der Waals surface area contributed by atoms with E-state index in [0.29, 0.717) is 0 Å². The van der Waals surface area contributed by atoms with Crippen LogP contribution in [0.5, 0.6) is 0 Å². The average Bonchev–Trinajstić information content (AvgIpc) is 2.60. The summed E-state index contributed by atoms with van der Waals surface area (Å²) < 4.78 is 2.38. The van der Waals surface area contributed by atoms with Crippen LogP contribution in [0.3, 0.4) is 0 Å². The van der Waals surface area contributed by atoms with Gasteiger partial charge in [-0.15, -0.1) is 0 Å². The van der Waals surface area contributed by atoms with Crippen molar-refractivity contribution in [1.29, 1.82) is 0 Å². The van der Waals surface area contributed by atoms with Crippen LogP contribution in [0.15, 0.2) is 85.1 Å². The first-order valence-corrected chi connectivity index (χ1v) is 7.76. The Hall–Kier alpha value is -2.19. The number of para-hydroxylation sites is 1. The van der Waals surface area contributed by atoms with E-state index in [2.05, 4.69) is 89.6 Å². The predicted octanol–water partition coefficient (Wildman–Crippen LogP) is 1.53. The van der Waals surface area contributed by atoms with Gasteiger partial charge >= 0.3 is 0 Å². The van der Waals surface area contributed by atoms with Gasteiger partial charge in [0.2, 0.25) is 5.52 Å². The molecule has 0 atom stereocenters. The SMILES string of the molecule is [Br-].c1ccc(CC[n+]2cc3ccccc3c3ccccc32)cc1. The molecule has 0 spiro atoms. The van der Waals surface area contributed by atoms with Crippen LogP contribution in [0.25, 0.3) is 21.7 Å². The molecule has 1 nitrogen and oxygen atoms in total. The molecule has 1 aromatic heterocycles. The van der Waals surface area contributed by atoms with Gasteiger partial charge in [-0.05, 0) is 17.7 Å². The van der Waals surface area contributed by atoms with Gasteiger partial charge in [-0.3, -0.25) is 0 Å². The van der Waals surface area contributed by atoms with Gasteiger partial charge in [0.1, 0.15) is 0 Å². The van der Waals surface area contributed by atoms with Crippen molar-refractivity contribution in [3.8, 4) is 0 Å². The van der Waals surface area contributed by atoms with E-state index in [1.54, 1.807) is 0 Å². The number of hydrogen-bond donors (Lipinski definition) is 0. The third-order valence-electron chi connectivity index (χ3n) is 4.24. The van der Waals surface area contributed by atoms with Gasteiger partial charge in [-0.25, -0.2) is 0 Å². The number of rotatable bonds is 3. The quantitative estimate of drug-likeness (QED) is 0.384. The highest BCUT2D eigenvalue weighted by molar-refractivity contribution is 6.03. The minimum absolute atomic E-state index is 0. The predicted molar refractivity (Wildman–Crippen MR) is 91.8 cm³/mol. The molecule has 2 heteroatoms. The zero-order valence-corrected chi connectivity index (χ0v) is 14.4. The molecule has 23 heavy (non-hydrogen) atoms. The van der Waals surface area contributed by atoms with Gasteiger partial charge < -0.3 is 17.0 Å². The Morgan fingerprint density at radius 1 is 0.652 bits per heavy atom. The van der Waals surface area contributed by atoms with Crippen LogP contribution in [-0.4, -0.2) is 0 Å². The van der Waals surface area contributed by atoms with E-state index in [4.69, 9.17) is 0 Å². The van der Waals surface area contributed by atoms with E-state index in [-0.39, 0.29) is 17.0 Å². The average molecular weight is 364 g/mol. The fourth-order valence-electron chi connectivity index (χ4n) is 3.12. The van der Waals surface area contributed by atoms with Crippen molar-refractivity contribution in [2.24, 2.45) is 0 Å². The third kappa shape index (κ3) is 3.13. The van der Waals surface area contributed by atoms with Crippen LogP contribution in [0.4, 0.5) is 0 Å². The summed E-state index contributed by atoms with van der Waals surface area (Å²) in [4.78, 5) is 0. The van der Waals surface area contributed by atoms with Crippen LogP contribution < -0.4 is 21.5 Å². The topological polar surface area (TPSA) is 3.88 Å². The Morgan fingerprint density at radius 2 is 1.30 bits per heavy atom. The number of fused-ring (bicyclic) bond motifs is 3. The molecule has 0 radical (unpaired) electrons. The maximum atomic E-state index is 2.38. The van der Waals surface area contributed by atoms with Gasteiger partial charge in [0, 0.05) is 23.3 Å². The number of aromatic nitrogens is 1. The zero-order chi connectivity index (χ0) is 14.8. The van der Waals surface area contributed by atoms with E-state index < -0.39 is 0 Å². The Kier molecular flexibility index (Phi) is 4.73. The highest BCUT2D eigenvalue weighted by atomic mass is 79.9.